The Morgan fingerprint density at radius 3 is 2.50 bits per heavy atom. The molecule has 0 bridgehead atoms. The predicted octanol–water partition coefficient (Wildman–Crippen LogP) is 0.0750. The quantitative estimate of drug-likeness (QED) is 0.421. The molecule has 1 aliphatic rings. The molecule has 1 saturated heterocycles. The van der Waals surface area contributed by atoms with Gasteiger partial charge in [0.05, 0.1) is 30.3 Å². The first-order chi connectivity index (χ1) is 10.7. The van der Waals surface area contributed by atoms with E-state index in [1.54, 1.807) is 4.90 Å². The monoisotopic (exact) mass is 303 g/mol. The summed E-state index contributed by atoms with van der Waals surface area (Å²) in [7, 11) is 0. The van der Waals surface area contributed by atoms with Gasteiger partial charge < -0.3 is 14.5 Å². The van der Waals surface area contributed by atoms with Crippen molar-refractivity contribution in [2.24, 2.45) is 0 Å². The summed E-state index contributed by atoms with van der Waals surface area (Å²) < 4.78 is 5.22. The second-order valence-corrected chi connectivity index (χ2v) is 4.40. The summed E-state index contributed by atoms with van der Waals surface area (Å²) in [5, 5.41) is 29.1. The maximum atomic E-state index is 11.5. The van der Waals surface area contributed by atoms with Crippen LogP contribution < -0.4 is 9.80 Å². The van der Waals surface area contributed by atoms with E-state index in [2.05, 4.69) is 9.97 Å². The SMILES string of the molecule is N#CCN(CC#N)c1ncnc(N2CCOCC2)c1[N+](=O)[O-]. The van der Waals surface area contributed by atoms with Crippen LogP contribution in [0.5, 0.6) is 0 Å². The maximum absolute atomic E-state index is 11.5. The highest BCUT2D eigenvalue weighted by atomic mass is 16.6. The lowest BCUT2D eigenvalue weighted by atomic mass is 10.3. The first-order valence-electron chi connectivity index (χ1n) is 6.50. The van der Waals surface area contributed by atoms with Crippen molar-refractivity contribution in [1.29, 1.82) is 10.5 Å². The number of nitriles is 2. The van der Waals surface area contributed by atoms with Crippen LogP contribution in [0.1, 0.15) is 0 Å². The number of ether oxygens (including phenoxy) is 1. The molecule has 0 spiro atoms. The number of hydrogen-bond donors (Lipinski definition) is 0. The van der Waals surface area contributed by atoms with E-state index in [1.165, 1.54) is 11.2 Å². The molecule has 0 aliphatic carbocycles. The van der Waals surface area contributed by atoms with Gasteiger partial charge in [-0.1, -0.05) is 0 Å². The molecular weight excluding hydrogens is 290 g/mol. The highest BCUT2D eigenvalue weighted by Gasteiger charge is 2.30. The van der Waals surface area contributed by atoms with Gasteiger partial charge in [0.2, 0.25) is 11.6 Å². The lowest BCUT2D eigenvalue weighted by molar-refractivity contribution is -0.383. The van der Waals surface area contributed by atoms with E-state index in [0.29, 0.717) is 26.3 Å². The molecule has 0 radical (unpaired) electrons. The first kappa shape index (κ1) is 15.4. The van der Waals surface area contributed by atoms with Gasteiger partial charge in [-0.15, -0.1) is 0 Å². The highest BCUT2D eigenvalue weighted by molar-refractivity contribution is 5.71. The molecule has 0 saturated carbocycles. The van der Waals surface area contributed by atoms with E-state index in [0.717, 1.165) is 0 Å². The Balaban J connectivity index is 2.47. The lowest BCUT2D eigenvalue weighted by Crippen LogP contribution is -2.37. The predicted molar refractivity (Wildman–Crippen MR) is 75.2 cm³/mol. The summed E-state index contributed by atoms with van der Waals surface area (Å²) in [5.74, 6) is 0.156. The van der Waals surface area contributed by atoms with Crippen molar-refractivity contribution >= 4 is 17.3 Å². The van der Waals surface area contributed by atoms with Crippen molar-refractivity contribution in [3.8, 4) is 12.1 Å². The third-order valence-electron chi connectivity index (χ3n) is 3.10. The maximum Gasteiger partial charge on any atom is 0.353 e. The van der Waals surface area contributed by atoms with E-state index in [9.17, 15) is 10.1 Å². The molecule has 0 unspecified atom stereocenters. The molecule has 22 heavy (non-hydrogen) atoms. The zero-order valence-corrected chi connectivity index (χ0v) is 11.7. The summed E-state index contributed by atoms with van der Waals surface area (Å²) in [6.07, 6.45) is 1.20. The van der Waals surface area contributed by atoms with Gasteiger partial charge in [-0.3, -0.25) is 10.1 Å². The van der Waals surface area contributed by atoms with Crippen molar-refractivity contribution < 1.29 is 9.66 Å². The molecule has 10 nitrogen and oxygen atoms in total. The Morgan fingerprint density at radius 1 is 1.32 bits per heavy atom. The van der Waals surface area contributed by atoms with Crippen molar-refractivity contribution in [2.45, 2.75) is 0 Å². The number of anilines is 2. The second kappa shape index (κ2) is 7.15. The standard InChI is InChI=1S/C12H13N7O3/c13-1-3-17(4-2-14)11-10(19(20)21)12(16-9-15-11)18-5-7-22-8-6-18/h9H,3-8H2. The molecule has 114 valence electrons. The van der Waals surface area contributed by atoms with E-state index >= 15 is 0 Å². The largest absolute Gasteiger partial charge is 0.378 e. The number of nitro groups is 1. The zero-order chi connectivity index (χ0) is 15.9. The number of aromatic nitrogens is 2. The Morgan fingerprint density at radius 2 is 1.95 bits per heavy atom. The van der Waals surface area contributed by atoms with E-state index in [4.69, 9.17) is 15.3 Å². The van der Waals surface area contributed by atoms with Crippen LogP contribution >= 0.6 is 0 Å². The minimum Gasteiger partial charge on any atom is -0.378 e. The lowest BCUT2D eigenvalue weighted by Gasteiger charge is -2.28. The second-order valence-electron chi connectivity index (χ2n) is 4.40. The normalized spacial score (nSPS) is 14.0. The molecule has 1 aromatic rings. The van der Waals surface area contributed by atoms with Gasteiger partial charge in [0.25, 0.3) is 0 Å². The van der Waals surface area contributed by atoms with Crippen molar-refractivity contribution in [3.63, 3.8) is 0 Å². The number of nitrogens with zero attached hydrogens (tertiary/aromatic N) is 7. The van der Waals surface area contributed by atoms with Gasteiger partial charge in [0, 0.05) is 13.1 Å². The Bertz CT molecular complexity index is 615. The average Bonchev–Trinajstić information content (AvgIpc) is 2.54. The number of rotatable bonds is 5. The van der Waals surface area contributed by atoms with E-state index < -0.39 is 4.92 Å². The minimum absolute atomic E-state index is 0.0235. The fraction of sp³-hybridized carbons (Fsp3) is 0.500. The van der Waals surface area contributed by atoms with Gasteiger partial charge in [0.15, 0.2) is 0 Å². The Kier molecular flexibility index (Phi) is 5.01. The first-order valence-corrected chi connectivity index (χ1v) is 6.50. The topological polar surface area (TPSA) is 132 Å². The number of morpholine rings is 1. The smallest absolute Gasteiger partial charge is 0.353 e. The van der Waals surface area contributed by atoms with E-state index in [-0.39, 0.29) is 30.4 Å². The summed E-state index contributed by atoms with van der Waals surface area (Å²) in [6, 6.07) is 3.75. The van der Waals surface area contributed by atoms with Crippen LogP contribution in [0.2, 0.25) is 0 Å². The van der Waals surface area contributed by atoms with Crippen molar-refractivity contribution in [3.05, 3.63) is 16.4 Å². The highest BCUT2D eigenvalue weighted by Crippen LogP contribution is 2.34. The molecule has 1 aliphatic heterocycles. The molecule has 0 aromatic carbocycles. The van der Waals surface area contributed by atoms with Crippen LogP contribution in [-0.4, -0.2) is 54.3 Å². The van der Waals surface area contributed by atoms with Crippen LogP contribution in [0, 0.1) is 32.8 Å². The minimum atomic E-state index is -0.581. The van der Waals surface area contributed by atoms with Gasteiger partial charge in [-0.25, -0.2) is 9.97 Å². The third-order valence-corrected chi connectivity index (χ3v) is 3.10. The van der Waals surface area contributed by atoms with Crippen molar-refractivity contribution in [2.75, 3.05) is 49.2 Å². The molecule has 1 aromatic heterocycles. The summed E-state index contributed by atoms with van der Waals surface area (Å²) >= 11 is 0. The zero-order valence-electron chi connectivity index (χ0n) is 11.7. The molecule has 0 atom stereocenters. The Labute approximate surface area is 126 Å². The van der Waals surface area contributed by atoms with Crippen LogP contribution in [0.4, 0.5) is 17.3 Å². The molecular formula is C12H13N7O3. The van der Waals surface area contributed by atoms with Crippen LogP contribution in [0.3, 0.4) is 0 Å². The summed E-state index contributed by atoms with van der Waals surface area (Å²) in [6.45, 7) is 1.52. The molecule has 10 heteroatoms. The third kappa shape index (κ3) is 3.19. The average molecular weight is 303 g/mol. The van der Waals surface area contributed by atoms with Gasteiger partial charge in [-0.2, -0.15) is 10.5 Å². The molecule has 2 heterocycles. The Hall–Kier alpha value is -2.98. The van der Waals surface area contributed by atoms with Crippen LogP contribution in [0.15, 0.2) is 6.33 Å². The summed E-state index contributed by atoms with van der Waals surface area (Å²) in [4.78, 5) is 21.8. The molecule has 0 N–H and O–H groups in total. The van der Waals surface area contributed by atoms with Gasteiger partial charge in [-0.05, 0) is 0 Å². The van der Waals surface area contributed by atoms with E-state index in [1.807, 2.05) is 12.1 Å². The molecule has 0 amide bonds. The molecule has 2 rings (SSSR count). The fourth-order valence-corrected chi connectivity index (χ4v) is 2.14. The van der Waals surface area contributed by atoms with Gasteiger partial charge >= 0.3 is 5.69 Å². The summed E-state index contributed by atoms with van der Waals surface area (Å²) in [5.41, 5.74) is -0.296. The van der Waals surface area contributed by atoms with Crippen molar-refractivity contribution in [1.82, 2.24) is 9.97 Å². The molecule has 1 fully saturated rings. The van der Waals surface area contributed by atoms with Gasteiger partial charge in [0.1, 0.15) is 19.4 Å². The fourth-order valence-electron chi connectivity index (χ4n) is 2.14. The number of hydrogen-bond acceptors (Lipinski definition) is 9. The van der Waals surface area contributed by atoms with Crippen LogP contribution in [-0.2, 0) is 4.74 Å². The van der Waals surface area contributed by atoms with Crippen LogP contribution in [0.25, 0.3) is 0 Å².